The molecule has 1 saturated carbocycles. The second-order valence-electron chi connectivity index (χ2n) is 3.88. The van der Waals surface area contributed by atoms with Crippen LogP contribution in [0.25, 0.3) is 0 Å². The highest BCUT2D eigenvalue weighted by molar-refractivity contribution is 5.85. The number of rotatable bonds is 5. The number of halogens is 2. The van der Waals surface area contributed by atoms with Crippen molar-refractivity contribution in [3.63, 3.8) is 0 Å². The summed E-state index contributed by atoms with van der Waals surface area (Å²) in [6, 6.07) is 0. The zero-order valence-electron chi connectivity index (χ0n) is 8.28. The molecule has 0 aromatic heterocycles. The number of alkyl halides is 2. The van der Waals surface area contributed by atoms with E-state index in [1.807, 2.05) is 6.92 Å². The van der Waals surface area contributed by atoms with Gasteiger partial charge in [-0.3, -0.25) is 4.79 Å². The van der Waals surface area contributed by atoms with Gasteiger partial charge in [-0.15, -0.1) is 0 Å². The third-order valence-electron chi connectivity index (χ3n) is 2.82. The molecule has 1 aliphatic rings. The lowest BCUT2D eigenvalue weighted by Gasteiger charge is -2.17. The van der Waals surface area contributed by atoms with Crippen molar-refractivity contribution in [1.29, 1.82) is 0 Å². The van der Waals surface area contributed by atoms with Crippen LogP contribution in [0.5, 0.6) is 0 Å². The Kier molecular flexibility index (Phi) is 3.09. The van der Waals surface area contributed by atoms with Gasteiger partial charge >= 0.3 is 0 Å². The molecule has 3 nitrogen and oxygen atoms in total. The topological polar surface area (TPSA) is 55.1 Å². The molecule has 14 heavy (non-hydrogen) atoms. The standard InChI is InChI=1S/C9H16F2N2O/c1-2-8(3-4-8)7(14)13-6-9(10,11)5-12/h2-6,12H2,1H3,(H,13,14). The summed E-state index contributed by atoms with van der Waals surface area (Å²) in [5.41, 5.74) is 4.49. The first-order chi connectivity index (χ1) is 6.46. The molecular formula is C9H16F2N2O. The fraction of sp³-hybridized carbons (Fsp3) is 0.889. The minimum Gasteiger partial charge on any atom is -0.350 e. The summed E-state index contributed by atoms with van der Waals surface area (Å²) in [4.78, 5) is 11.4. The Bertz CT molecular complexity index is 227. The number of hydrogen-bond acceptors (Lipinski definition) is 2. The average Bonchev–Trinajstić information content (AvgIpc) is 2.95. The Labute approximate surface area is 82.0 Å². The number of carbonyl (C=O) groups is 1. The molecule has 0 bridgehead atoms. The molecule has 1 aliphatic carbocycles. The van der Waals surface area contributed by atoms with E-state index in [1.54, 1.807) is 0 Å². The molecule has 1 rings (SSSR count). The van der Waals surface area contributed by atoms with Crippen molar-refractivity contribution in [1.82, 2.24) is 5.32 Å². The predicted molar refractivity (Wildman–Crippen MR) is 49.0 cm³/mol. The summed E-state index contributed by atoms with van der Waals surface area (Å²) in [6.07, 6.45) is 2.33. The van der Waals surface area contributed by atoms with Crippen LogP contribution in [0.15, 0.2) is 0 Å². The van der Waals surface area contributed by atoms with E-state index in [9.17, 15) is 13.6 Å². The molecule has 0 atom stereocenters. The molecule has 1 amide bonds. The molecule has 0 heterocycles. The van der Waals surface area contributed by atoms with Crippen molar-refractivity contribution in [2.24, 2.45) is 11.1 Å². The van der Waals surface area contributed by atoms with E-state index in [2.05, 4.69) is 5.32 Å². The summed E-state index contributed by atoms with van der Waals surface area (Å²) in [5.74, 6) is -3.24. The first-order valence-corrected chi connectivity index (χ1v) is 4.82. The molecule has 3 N–H and O–H groups in total. The SMILES string of the molecule is CCC1(C(=O)NCC(F)(F)CN)CC1. The van der Waals surface area contributed by atoms with E-state index in [0.717, 1.165) is 12.8 Å². The van der Waals surface area contributed by atoms with Crippen molar-refractivity contribution in [3.8, 4) is 0 Å². The summed E-state index contributed by atoms with van der Waals surface area (Å²) in [5, 5.41) is 2.26. The van der Waals surface area contributed by atoms with Crippen LogP contribution in [0.4, 0.5) is 8.78 Å². The second-order valence-corrected chi connectivity index (χ2v) is 3.88. The maximum absolute atomic E-state index is 12.7. The monoisotopic (exact) mass is 206 g/mol. The first kappa shape index (κ1) is 11.4. The largest absolute Gasteiger partial charge is 0.350 e. The molecule has 0 aromatic rings. The van der Waals surface area contributed by atoms with Crippen LogP contribution in [0.3, 0.4) is 0 Å². The highest BCUT2D eigenvalue weighted by Gasteiger charge is 2.48. The Balaban J connectivity index is 2.35. The van der Waals surface area contributed by atoms with Crippen LogP contribution in [0.2, 0.25) is 0 Å². The summed E-state index contributed by atoms with van der Waals surface area (Å²) in [6.45, 7) is 0.518. The second kappa shape index (κ2) is 3.81. The molecule has 0 aromatic carbocycles. The molecule has 0 spiro atoms. The lowest BCUT2D eigenvalue weighted by Crippen LogP contribution is -2.43. The lowest BCUT2D eigenvalue weighted by atomic mass is 10.0. The van der Waals surface area contributed by atoms with Crippen molar-refractivity contribution in [2.45, 2.75) is 32.1 Å². The van der Waals surface area contributed by atoms with Gasteiger partial charge in [0.25, 0.3) is 5.92 Å². The highest BCUT2D eigenvalue weighted by Crippen LogP contribution is 2.48. The van der Waals surface area contributed by atoms with Crippen LogP contribution < -0.4 is 11.1 Å². The van der Waals surface area contributed by atoms with E-state index in [0.29, 0.717) is 6.42 Å². The number of amides is 1. The number of carbonyl (C=O) groups excluding carboxylic acids is 1. The zero-order chi connectivity index (χ0) is 10.8. The first-order valence-electron chi connectivity index (χ1n) is 4.82. The fourth-order valence-electron chi connectivity index (χ4n) is 1.36. The van der Waals surface area contributed by atoms with Gasteiger partial charge in [-0.2, -0.15) is 0 Å². The van der Waals surface area contributed by atoms with Crippen LogP contribution in [-0.2, 0) is 4.79 Å². The maximum Gasteiger partial charge on any atom is 0.277 e. The molecular weight excluding hydrogens is 190 g/mol. The van der Waals surface area contributed by atoms with Gasteiger partial charge in [0.05, 0.1) is 13.1 Å². The van der Waals surface area contributed by atoms with E-state index in [-0.39, 0.29) is 11.3 Å². The molecule has 0 aliphatic heterocycles. The van der Waals surface area contributed by atoms with E-state index in [1.165, 1.54) is 0 Å². The van der Waals surface area contributed by atoms with Crippen LogP contribution >= 0.6 is 0 Å². The average molecular weight is 206 g/mol. The Morgan fingerprint density at radius 1 is 1.57 bits per heavy atom. The summed E-state index contributed by atoms with van der Waals surface area (Å²) >= 11 is 0. The normalized spacial score (nSPS) is 19.1. The van der Waals surface area contributed by atoms with Crippen LogP contribution in [-0.4, -0.2) is 24.9 Å². The van der Waals surface area contributed by atoms with Gasteiger partial charge < -0.3 is 11.1 Å². The molecule has 1 fully saturated rings. The molecule has 5 heteroatoms. The molecule has 0 radical (unpaired) electrons. The smallest absolute Gasteiger partial charge is 0.277 e. The Morgan fingerprint density at radius 2 is 2.14 bits per heavy atom. The number of nitrogens with two attached hydrogens (primary N) is 1. The van der Waals surface area contributed by atoms with Gasteiger partial charge in [0, 0.05) is 5.41 Å². The quantitative estimate of drug-likeness (QED) is 0.701. The van der Waals surface area contributed by atoms with Gasteiger partial charge in [-0.05, 0) is 19.3 Å². The van der Waals surface area contributed by atoms with Crippen LogP contribution in [0, 0.1) is 5.41 Å². The number of nitrogens with one attached hydrogen (secondary N) is 1. The third-order valence-corrected chi connectivity index (χ3v) is 2.82. The van der Waals surface area contributed by atoms with Gasteiger partial charge in [0.2, 0.25) is 5.91 Å². The minimum atomic E-state index is -2.99. The summed E-state index contributed by atoms with van der Waals surface area (Å²) in [7, 11) is 0. The molecule has 82 valence electrons. The van der Waals surface area contributed by atoms with Gasteiger partial charge in [0.15, 0.2) is 0 Å². The maximum atomic E-state index is 12.7. The fourth-order valence-corrected chi connectivity index (χ4v) is 1.36. The molecule has 0 saturated heterocycles. The number of hydrogen-bond donors (Lipinski definition) is 2. The lowest BCUT2D eigenvalue weighted by molar-refractivity contribution is -0.128. The van der Waals surface area contributed by atoms with Crippen molar-refractivity contribution in [3.05, 3.63) is 0 Å². The van der Waals surface area contributed by atoms with Gasteiger partial charge in [-0.1, -0.05) is 6.92 Å². The van der Waals surface area contributed by atoms with Crippen molar-refractivity contribution < 1.29 is 13.6 Å². The highest BCUT2D eigenvalue weighted by atomic mass is 19.3. The summed E-state index contributed by atoms with van der Waals surface area (Å²) < 4.78 is 25.4. The minimum absolute atomic E-state index is 0.256. The van der Waals surface area contributed by atoms with Gasteiger partial charge in [-0.25, -0.2) is 8.78 Å². The Hall–Kier alpha value is -0.710. The molecule has 0 unspecified atom stereocenters. The van der Waals surface area contributed by atoms with E-state index < -0.39 is 19.0 Å². The van der Waals surface area contributed by atoms with Crippen molar-refractivity contribution in [2.75, 3.05) is 13.1 Å². The van der Waals surface area contributed by atoms with Crippen LogP contribution in [0.1, 0.15) is 26.2 Å². The predicted octanol–water partition coefficient (Wildman–Crippen LogP) is 0.887. The third kappa shape index (κ3) is 2.41. The zero-order valence-corrected chi connectivity index (χ0v) is 8.28. The van der Waals surface area contributed by atoms with E-state index >= 15 is 0 Å². The Morgan fingerprint density at radius 3 is 2.50 bits per heavy atom. The van der Waals surface area contributed by atoms with Crippen molar-refractivity contribution >= 4 is 5.91 Å². The van der Waals surface area contributed by atoms with Gasteiger partial charge in [0.1, 0.15) is 0 Å². The van der Waals surface area contributed by atoms with E-state index in [4.69, 9.17) is 5.73 Å².